The van der Waals surface area contributed by atoms with Gasteiger partial charge in [0, 0.05) is 18.8 Å². The lowest BCUT2D eigenvalue weighted by Gasteiger charge is -2.13. The van der Waals surface area contributed by atoms with Crippen molar-refractivity contribution in [1.82, 2.24) is 0 Å². The van der Waals surface area contributed by atoms with Gasteiger partial charge in [0.15, 0.2) is 0 Å². The second-order valence-electron chi connectivity index (χ2n) is 3.09. The van der Waals surface area contributed by atoms with Crippen molar-refractivity contribution in [2.75, 3.05) is 18.0 Å². The van der Waals surface area contributed by atoms with Crippen LogP contribution < -0.4 is 10.6 Å². The van der Waals surface area contributed by atoms with Gasteiger partial charge < -0.3 is 10.6 Å². The second kappa shape index (κ2) is 3.58. The highest BCUT2D eigenvalue weighted by molar-refractivity contribution is 5.80. The van der Waals surface area contributed by atoms with Gasteiger partial charge in [0.1, 0.15) is 0 Å². The van der Waals surface area contributed by atoms with Gasteiger partial charge in [-0.3, -0.25) is 4.99 Å². The third-order valence-electron chi connectivity index (χ3n) is 2.19. The lowest BCUT2D eigenvalue weighted by atomic mass is 10.2. The maximum atomic E-state index is 5.51. The van der Waals surface area contributed by atoms with Gasteiger partial charge >= 0.3 is 0 Å². The number of rotatable bonds is 2. The molecule has 1 aliphatic heterocycles. The molecule has 0 saturated carbocycles. The molecule has 3 nitrogen and oxygen atoms in total. The van der Waals surface area contributed by atoms with Crippen molar-refractivity contribution in [2.45, 2.75) is 6.54 Å². The fourth-order valence-electron chi connectivity index (χ4n) is 1.40. The van der Waals surface area contributed by atoms with Crippen LogP contribution in [0.1, 0.15) is 5.56 Å². The molecule has 1 aromatic rings. The van der Waals surface area contributed by atoms with Gasteiger partial charge in [-0.05, 0) is 17.7 Å². The summed E-state index contributed by atoms with van der Waals surface area (Å²) in [6.07, 6.45) is 1.89. The van der Waals surface area contributed by atoms with E-state index in [0.29, 0.717) is 6.54 Å². The summed E-state index contributed by atoms with van der Waals surface area (Å²) in [4.78, 5) is 6.30. The molecule has 0 atom stereocenters. The van der Waals surface area contributed by atoms with Crippen LogP contribution in [0.15, 0.2) is 29.3 Å². The molecule has 2 rings (SSSR count). The largest absolute Gasteiger partial charge is 0.331 e. The van der Waals surface area contributed by atoms with Crippen molar-refractivity contribution < 1.29 is 0 Å². The van der Waals surface area contributed by atoms with Crippen LogP contribution in [0.2, 0.25) is 0 Å². The zero-order valence-electron chi connectivity index (χ0n) is 7.48. The van der Waals surface area contributed by atoms with Gasteiger partial charge in [-0.2, -0.15) is 0 Å². The summed E-state index contributed by atoms with van der Waals surface area (Å²) < 4.78 is 0. The van der Waals surface area contributed by atoms with Gasteiger partial charge in [-0.1, -0.05) is 12.1 Å². The molecular weight excluding hydrogens is 163 g/mol. The fraction of sp³-hybridized carbons (Fsp3) is 0.300. The lowest BCUT2D eigenvalue weighted by molar-refractivity contribution is 1.02. The smallest absolute Gasteiger partial charge is 0.0895 e. The number of hydrogen-bond donors (Lipinski definition) is 1. The van der Waals surface area contributed by atoms with E-state index >= 15 is 0 Å². The molecule has 1 aliphatic rings. The molecule has 68 valence electrons. The Kier molecular flexibility index (Phi) is 2.27. The third kappa shape index (κ3) is 1.70. The third-order valence-corrected chi connectivity index (χ3v) is 2.19. The van der Waals surface area contributed by atoms with Crippen molar-refractivity contribution in [3.8, 4) is 0 Å². The molecule has 0 saturated heterocycles. The van der Waals surface area contributed by atoms with E-state index in [-0.39, 0.29) is 0 Å². The highest BCUT2D eigenvalue weighted by Gasteiger charge is 2.06. The second-order valence-corrected chi connectivity index (χ2v) is 3.09. The molecule has 0 aliphatic carbocycles. The minimum Gasteiger partial charge on any atom is -0.331 e. The molecule has 0 radical (unpaired) electrons. The van der Waals surface area contributed by atoms with Crippen molar-refractivity contribution in [2.24, 2.45) is 10.7 Å². The van der Waals surface area contributed by atoms with Gasteiger partial charge in [0.2, 0.25) is 0 Å². The Labute approximate surface area is 77.9 Å². The van der Waals surface area contributed by atoms with Crippen LogP contribution in [0.4, 0.5) is 5.69 Å². The maximum absolute atomic E-state index is 5.51. The van der Waals surface area contributed by atoms with E-state index in [9.17, 15) is 0 Å². The average molecular weight is 176 g/mol. The normalized spacial score (nSPS) is 15.3. The molecule has 3 heteroatoms. The first-order valence-corrected chi connectivity index (χ1v) is 4.46. The summed E-state index contributed by atoms with van der Waals surface area (Å²) in [5, 5.41) is 0. The summed E-state index contributed by atoms with van der Waals surface area (Å²) in [5.74, 6) is 0. The van der Waals surface area contributed by atoms with E-state index in [1.54, 1.807) is 0 Å². The summed E-state index contributed by atoms with van der Waals surface area (Å²) in [5.41, 5.74) is 7.87. The Balaban J connectivity index is 2.17. The minimum atomic E-state index is 0.606. The van der Waals surface area contributed by atoms with E-state index in [1.165, 1.54) is 11.3 Å². The lowest BCUT2D eigenvalue weighted by Crippen LogP contribution is -2.17. The molecular formula is C10H13N3. The van der Waals surface area contributed by atoms with Crippen LogP contribution in [0.3, 0.4) is 0 Å². The molecule has 0 unspecified atom stereocenters. The molecule has 13 heavy (non-hydrogen) atoms. The standard InChI is InChI=1S/C10H13N3/c11-7-9-1-3-10(4-2-9)13-6-5-12-8-13/h1-4,8H,5-7,11H2/i8+1. The van der Waals surface area contributed by atoms with Crippen LogP contribution in [-0.4, -0.2) is 19.4 Å². The van der Waals surface area contributed by atoms with E-state index in [0.717, 1.165) is 13.1 Å². The van der Waals surface area contributed by atoms with E-state index in [4.69, 9.17) is 5.73 Å². The SMILES string of the molecule is NCc1ccc(N2CCN=[13CH]2)cc1. The number of hydrogen-bond acceptors (Lipinski definition) is 3. The summed E-state index contributed by atoms with van der Waals surface area (Å²) in [6, 6.07) is 8.28. The van der Waals surface area contributed by atoms with Crippen molar-refractivity contribution in [3.63, 3.8) is 0 Å². The molecule has 1 heterocycles. The molecule has 0 bridgehead atoms. The van der Waals surface area contributed by atoms with Crippen molar-refractivity contribution in [3.05, 3.63) is 29.8 Å². The van der Waals surface area contributed by atoms with E-state index < -0.39 is 0 Å². The van der Waals surface area contributed by atoms with Crippen LogP contribution >= 0.6 is 0 Å². The first-order valence-electron chi connectivity index (χ1n) is 4.46. The Hall–Kier alpha value is -1.35. The van der Waals surface area contributed by atoms with Gasteiger partial charge in [-0.15, -0.1) is 0 Å². The zero-order chi connectivity index (χ0) is 9.10. The number of nitrogens with two attached hydrogens (primary N) is 1. The monoisotopic (exact) mass is 176 g/mol. The van der Waals surface area contributed by atoms with Crippen molar-refractivity contribution in [1.29, 1.82) is 0 Å². The highest BCUT2D eigenvalue weighted by Crippen LogP contribution is 2.15. The van der Waals surface area contributed by atoms with E-state index in [2.05, 4.69) is 34.2 Å². The molecule has 1 aromatic carbocycles. The van der Waals surface area contributed by atoms with Gasteiger partial charge in [0.25, 0.3) is 0 Å². The van der Waals surface area contributed by atoms with Crippen LogP contribution in [0.25, 0.3) is 0 Å². The summed E-state index contributed by atoms with van der Waals surface area (Å²) in [7, 11) is 0. The first kappa shape index (κ1) is 8.26. The highest BCUT2D eigenvalue weighted by atomic mass is 15.3. The number of aliphatic imine (C=N–C) groups is 1. The molecule has 2 N–H and O–H groups in total. The van der Waals surface area contributed by atoms with Crippen molar-refractivity contribution >= 4 is 12.0 Å². The Morgan fingerprint density at radius 3 is 2.62 bits per heavy atom. The fourth-order valence-corrected chi connectivity index (χ4v) is 1.40. The zero-order valence-corrected chi connectivity index (χ0v) is 7.48. The predicted molar refractivity (Wildman–Crippen MR) is 55.0 cm³/mol. The molecule has 0 fully saturated rings. The number of anilines is 1. The number of benzene rings is 1. The van der Waals surface area contributed by atoms with Gasteiger partial charge in [0.05, 0.1) is 12.9 Å². The van der Waals surface area contributed by atoms with Crippen LogP contribution in [0.5, 0.6) is 0 Å². The van der Waals surface area contributed by atoms with Crippen LogP contribution in [0, 0.1) is 0 Å². The molecule has 0 aromatic heterocycles. The Morgan fingerprint density at radius 2 is 2.08 bits per heavy atom. The molecule has 0 amide bonds. The molecule has 0 spiro atoms. The minimum absolute atomic E-state index is 0.606. The Bertz CT molecular complexity index is 302. The summed E-state index contributed by atoms with van der Waals surface area (Å²) in [6.45, 7) is 2.50. The number of nitrogens with zero attached hydrogens (tertiary/aromatic N) is 2. The van der Waals surface area contributed by atoms with E-state index in [1.807, 2.05) is 6.34 Å². The summed E-state index contributed by atoms with van der Waals surface area (Å²) >= 11 is 0. The average Bonchev–Trinajstić information content (AvgIpc) is 2.71. The predicted octanol–water partition coefficient (Wildman–Crippen LogP) is 0.994. The first-order chi connectivity index (χ1) is 6.40. The maximum Gasteiger partial charge on any atom is 0.0895 e. The topological polar surface area (TPSA) is 41.6 Å². The van der Waals surface area contributed by atoms with Gasteiger partial charge in [-0.25, -0.2) is 0 Å². The Morgan fingerprint density at radius 1 is 1.31 bits per heavy atom. The quantitative estimate of drug-likeness (QED) is 0.683. The van der Waals surface area contributed by atoms with Crippen LogP contribution in [-0.2, 0) is 6.54 Å².